The van der Waals surface area contributed by atoms with E-state index in [1.165, 1.54) is 30.9 Å². The molecule has 3 fully saturated rings. The molecule has 6 atom stereocenters. The monoisotopic (exact) mass is 961 g/mol. The Bertz CT molecular complexity index is 3870. The summed E-state index contributed by atoms with van der Waals surface area (Å²) in [5, 5.41) is 0.929. The fraction of sp³-hybridized carbons (Fsp3) is 0.500. The molecule has 6 aromatic rings. The van der Waals surface area contributed by atoms with Crippen molar-refractivity contribution >= 4 is 68.3 Å². The number of carbonyl (C=O) groups excluding carboxylic acids is 3. The Kier molecular flexibility index (Phi) is 8.60. The van der Waals surface area contributed by atoms with Gasteiger partial charge in [0, 0.05) is 101 Å². The number of H-pyrrole nitrogens is 3. The van der Waals surface area contributed by atoms with Crippen molar-refractivity contribution in [1.82, 2.24) is 59.6 Å². The lowest BCUT2D eigenvalue weighted by Gasteiger charge is -2.41. The first-order valence-electron chi connectivity index (χ1n) is 33.0. The number of anilines is 3. The van der Waals surface area contributed by atoms with E-state index in [-0.39, 0.29) is 72.9 Å². The van der Waals surface area contributed by atoms with Gasteiger partial charge in [0.2, 0.25) is 0 Å². The third-order valence-electron chi connectivity index (χ3n) is 11.5. The second kappa shape index (κ2) is 22.3. The summed E-state index contributed by atoms with van der Waals surface area (Å²) in [6.45, 7) is -2.73. The Balaban J connectivity index is 0.000000198. The van der Waals surface area contributed by atoms with Gasteiger partial charge in [-0.05, 0) is 55.2 Å². The van der Waals surface area contributed by atoms with Gasteiger partial charge in [0.1, 0.15) is 61.6 Å². The van der Waals surface area contributed by atoms with Gasteiger partial charge >= 0.3 is 17.7 Å². The molecular formula is C48H60N18O3. The van der Waals surface area contributed by atoms with E-state index < -0.39 is 127 Å². The third-order valence-corrected chi connectivity index (χ3v) is 11.5. The Morgan fingerprint density at radius 2 is 1.03 bits per heavy atom. The molecule has 360 valence electrons. The average Bonchev–Trinajstić information content (AvgIpc) is 1.39. The van der Waals surface area contributed by atoms with Crippen LogP contribution in [0, 0.1) is 37.4 Å². The smallest absolute Gasteiger partial charge is 0.302 e. The summed E-state index contributed by atoms with van der Waals surface area (Å²) in [4.78, 5) is 83.5. The van der Waals surface area contributed by atoms with Gasteiger partial charge in [0.15, 0.2) is 0 Å². The zero-order valence-corrected chi connectivity index (χ0v) is 36.7. The topological polar surface area (TPSA) is 208 Å². The first-order valence-corrected chi connectivity index (χ1v) is 21.0. The van der Waals surface area contributed by atoms with E-state index >= 15 is 0 Å². The van der Waals surface area contributed by atoms with Crippen molar-refractivity contribution in [2.45, 2.75) is 58.0 Å². The van der Waals surface area contributed by atoms with Crippen molar-refractivity contribution in [2.24, 2.45) is 17.7 Å². The van der Waals surface area contributed by atoms with E-state index in [1.807, 2.05) is 0 Å². The molecule has 21 nitrogen and oxygen atoms in total. The number of rotatable bonds is 9. The quantitative estimate of drug-likeness (QED) is 0.169. The van der Waals surface area contributed by atoms with Crippen LogP contribution in [0.15, 0.2) is 55.8 Å². The summed E-state index contributed by atoms with van der Waals surface area (Å²) in [6, 6.07) is -1.28. The molecule has 0 aliphatic carbocycles. The molecule has 0 aromatic carbocycles. The molecule has 0 unspecified atom stereocenters. The summed E-state index contributed by atoms with van der Waals surface area (Å²) in [5.41, 5.74) is 0.974. The fourth-order valence-electron chi connectivity index (χ4n) is 7.80. The van der Waals surface area contributed by atoms with E-state index in [9.17, 15) is 14.4 Å². The highest BCUT2D eigenvalue weighted by atomic mass is 16.2. The first kappa shape index (κ1) is 26.6. The Hall–Kier alpha value is -7.86. The van der Waals surface area contributed by atoms with Crippen LogP contribution in [-0.2, 0) is 14.4 Å². The third kappa shape index (κ3) is 11.0. The van der Waals surface area contributed by atoms with Gasteiger partial charge in [0.05, 0.1) is 37.0 Å². The van der Waals surface area contributed by atoms with Gasteiger partial charge in [-0.25, -0.2) is 49.6 Å². The van der Waals surface area contributed by atoms with Crippen molar-refractivity contribution in [3.63, 3.8) is 0 Å². The number of aromatic nitrogens is 9. The van der Waals surface area contributed by atoms with Gasteiger partial charge in [-0.2, -0.15) is 0 Å². The maximum absolute atomic E-state index is 12.6. The maximum Gasteiger partial charge on any atom is 0.302 e. The minimum atomic E-state index is -3.05. The number of nitrogens with zero attached hydrogens (tertiary/aromatic N) is 15. The molecule has 0 bridgehead atoms. The van der Waals surface area contributed by atoms with Crippen LogP contribution in [0.2, 0.25) is 0 Å². The second-order valence-electron chi connectivity index (χ2n) is 15.5. The maximum atomic E-state index is 12.6. The normalized spacial score (nSPS) is 31.0. The van der Waals surface area contributed by atoms with Crippen LogP contribution in [-0.4, -0.2) is 175 Å². The van der Waals surface area contributed by atoms with Crippen molar-refractivity contribution in [3.05, 3.63) is 90.0 Å². The van der Waals surface area contributed by atoms with Crippen molar-refractivity contribution in [2.75, 3.05) is 94.4 Å². The molecule has 3 aliphatic rings. The van der Waals surface area contributed by atoms with E-state index in [2.05, 4.69) is 59.4 Å². The first-order chi connectivity index (χ1) is 42.7. The van der Waals surface area contributed by atoms with E-state index in [4.69, 9.17) is 52.6 Å². The fourth-order valence-corrected chi connectivity index (χ4v) is 7.80. The zero-order valence-electron chi connectivity index (χ0n) is 60.7. The Morgan fingerprint density at radius 3 is 1.45 bits per heavy atom. The average molecular weight is 961 g/mol. The van der Waals surface area contributed by atoms with E-state index in [1.54, 1.807) is 19.2 Å². The van der Waals surface area contributed by atoms with Gasteiger partial charge in [-0.1, -0.05) is 20.6 Å². The zero-order chi connectivity index (χ0) is 69.8. The number of nitrogens with one attached hydrogen (secondary N) is 3. The minimum Gasteiger partial charge on any atom is -0.354 e. The molecule has 6 aromatic heterocycles. The lowest BCUT2D eigenvalue weighted by molar-refractivity contribution is -0.131. The highest BCUT2D eigenvalue weighted by Crippen LogP contribution is 2.31. The second-order valence-corrected chi connectivity index (χ2v) is 15.5. The predicted octanol–water partition coefficient (Wildman–Crippen LogP) is 4.65. The van der Waals surface area contributed by atoms with Crippen LogP contribution >= 0.6 is 0 Å². The van der Waals surface area contributed by atoms with Crippen LogP contribution < -0.4 is 14.7 Å². The largest absolute Gasteiger partial charge is 0.354 e. The number of hydrogen-bond acceptors (Lipinski definition) is 12. The number of hydrogen-bond donors (Lipinski definition) is 3. The lowest BCUT2D eigenvalue weighted by atomic mass is 9.92. The predicted molar refractivity (Wildman–Crippen MR) is 264 cm³/mol. The van der Waals surface area contributed by atoms with Crippen LogP contribution in [0.25, 0.3) is 47.6 Å². The number of aromatic amines is 3. The summed E-state index contributed by atoms with van der Waals surface area (Å²) in [6.07, 6.45) is 7.46. The van der Waals surface area contributed by atoms with E-state index in [0.29, 0.717) is 21.6 Å². The van der Waals surface area contributed by atoms with Crippen molar-refractivity contribution < 1.29 is 47.3 Å². The van der Waals surface area contributed by atoms with Gasteiger partial charge in [-0.3, -0.25) is 14.4 Å². The molecule has 3 amide bonds. The molecule has 0 radical (unpaired) electrons. The summed E-state index contributed by atoms with van der Waals surface area (Å²) in [5.74, 6) is -8.20. The minimum absolute atomic E-state index is 0.0283. The van der Waals surface area contributed by atoms with Gasteiger partial charge < -0.3 is 58.9 Å². The van der Waals surface area contributed by atoms with Crippen molar-refractivity contribution in [3.8, 4) is 0 Å². The molecule has 3 saturated heterocycles. The van der Waals surface area contributed by atoms with Crippen LogP contribution in [0.4, 0.5) is 17.5 Å². The summed E-state index contributed by atoms with van der Waals surface area (Å²) in [7, 11) is 0. The molecule has 9 rings (SSSR count). The summed E-state index contributed by atoms with van der Waals surface area (Å²) < 4.78 is 193. The molecule has 0 saturated carbocycles. The number of carbonyl (C=O) groups is 3. The number of amides is 3. The van der Waals surface area contributed by atoms with Crippen LogP contribution in [0.1, 0.15) is 72.8 Å². The Morgan fingerprint density at radius 1 is 0.623 bits per heavy atom. The SMILES string of the molecule is [2H]C([2H])([N+]#[C-])C(=O)N1CC[C@@H](C([2H])([2H])[2H])[C@@]([2H])(N(c2ncnc3[nH]ccc23)C([2H])([2H])[2H])C1.[2H]C([2H])([N+]#[C-])C(=O)N1CC[C@@H](C)[C@@]([2H])(N(c2ncnc3[nH]ccc23)C([2H])([2H])[2H])C1.[2H]C([2H])([N+]#[C-])C(=O)N1CC[C@@]([2H])(C([2H])([2H])[2H])[C@@H](N(c2ncnc3[nH]ccc23)C([2H])([2H])[2H])C1. The number of likely N-dealkylation sites (tertiary alicyclic amines) is 3. The number of likely N-dealkylation sites (N-methyl/N-ethyl adjacent to an activating group) is 3. The van der Waals surface area contributed by atoms with Crippen LogP contribution in [0.5, 0.6) is 0 Å². The number of piperidine rings is 3. The lowest BCUT2D eigenvalue weighted by Crippen LogP contribution is -2.53. The molecule has 3 N–H and O–H groups in total. The summed E-state index contributed by atoms with van der Waals surface area (Å²) >= 11 is 0. The molecule has 69 heavy (non-hydrogen) atoms. The van der Waals surface area contributed by atoms with Crippen molar-refractivity contribution in [1.29, 1.82) is 0 Å². The molecular weight excluding hydrogens is 877 g/mol. The van der Waals surface area contributed by atoms with E-state index in [0.717, 1.165) is 37.2 Å². The molecule has 0 spiro atoms. The highest BCUT2D eigenvalue weighted by molar-refractivity contribution is 5.89. The molecule has 21 heteroatoms. The Labute approximate surface area is 435 Å². The van der Waals surface area contributed by atoms with Gasteiger partial charge in [0.25, 0.3) is 19.5 Å². The van der Waals surface area contributed by atoms with Gasteiger partial charge in [-0.15, -0.1) is 0 Å². The number of fused-ring (bicyclic) bond motifs is 3. The van der Waals surface area contributed by atoms with Crippen LogP contribution in [0.3, 0.4) is 0 Å². The standard InChI is InChI=1S/3C16H20N6O/c3*1-11-5-7-22(14(23)8-17-2)9-13(11)21(3)16-12-4-6-18-15(12)19-10-20-16/h3*4,6,10-11,13H,5,7-9H2,1,3H3,(H,18,19,20)/t3*11-,13+/m111/s1/i1D3,3D3,8D2,13D;1D3,3D3,8D2,11D;3D3,8D2,13D. The highest BCUT2D eigenvalue weighted by Gasteiger charge is 2.36. The molecule has 9 heterocycles. The molecule has 3 aliphatic heterocycles.